The molecule has 1 aliphatic rings. The lowest BCUT2D eigenvalue weighted by Crippen LogP contribution is -2.40. The van der Waals surface area contributed by atoms with Gasteiger partial charge < -0.3 is 15.3 Å². The molecule has 14 heavy (non-hydrogen) atoms. The molecule has 0 bridgehead atoms. The predicted molar refractivity (Wildman–Crippen MR) is 55.0 cm³/mol. The van der Waals surface area contributed by atoms with E-state index in [1.54, 1.807) is 4.90 Å². The van der Waals surface area contributed by atoms with Crippen LogP contribution in [0, 0.1) is 0 Å². The predicted octanol–water partition coefficient (Wildman–Crippen LogP) is -0.0307. The molecule has 82 valence electrons. The Morgan fingerprint density at radius 3 is 2.71 bits per heavy atom. The number of carbonyl (C=O) groups excluding carboxylic acids is 1. The molecule has 1 amide bonds. The maximum absolute atomic E-state index is 11.6. The van der Waals surface area contributed by atoms with Crippen LogP contribution >= 0.6 is 0 Å². The quantitative estimate of drug-likeness (QED) is 0.607. The van der Waals surface area contributed by atoms with E-state index >= 15 is 0 Å². The lowest BCUT2D eigenvalue weighted by molar-refractivity contribution is -0.130. The van der Waals surface area contributed by atoms with Crippen molar-refractivity contribution in [3.63, 3.8) is 0 Å². The molecule has 0 radical (unpaired) electrons. The highest BCUT2D eigenvalue weighted by atomic mass is 16.3. The van der Waals surface area contributed by atoms with Crippen molar-refractivity contribution in [2.45, 2.75) is 32.2 Å². The van der Waals surface area contributed by atoms with Crippen molar-refractivity contribution in [2.75, 3.05) is 26.2 Å². The van der Waals surface area contributed by atoms with Crippen LogP contribution in [0.5, 0.6) is 0 Å². The number of hydrogen-bond acceptors (Lipinski definition) is 3. The summed E-state index contributed by atoms with van der Waals surface area (Å²) in [4.78, 5) is 13.3. The van der Waals surface area contributed by atoms with Gasteiger partial charge >= 0.3 is 0 Å². The first-order valence-electron chi connectivity index (χ1n) is 5.40. The van der Waals surface area contributed by atoms with E-state index in [1.165, 1.54) is 12.8 Å². The van der Waals surface area contributed by atoms with Crippen molar-refractivity contribution >= 4 is 5.91 Å². The molecule has 0 heterocycles. The van der Waals surface area contributed by atoms with Crippen molar-refractivity contribution in [3.05, 3.63) is 0 Å². The van der Waals surface area contributed by atoms with E-state index < -0.39 is 0 Å². The molecule has 0 unspecified atom stereocenters. The highest BCUT2D eigenvalue weighted by Gasteiger charge is 2.22. The number of carbonyl (C=O) groups is 1. The smallest absolute Gasteiger partial charge is 0.236 e. The van der Waals surface area contributed by atoms with Crippen molar-refractivity contribution in [1.82, 2.24) is 10.2 Å². The highest BCUT2D eigenvalue weighted by Crippen LogP contribution is 2.18. The Kier molecular flexibility index (Phi) is 4.90. The zero-order chi connectivity index (χ0) is 10.4. The van der Waals surface area contributed by atoms with E-state index in [2.05, 4.69) is 5.32 Å². The molecule has 0 aliphatic heterocycles. The molecule has 0 aromatic rings. The van der Waals surface area contributed by atoms with Crippen LogP contribution in [-0.4, -0.2) is 48.2 Å². The van der Waals surface area contributed by atoms with Gasteiger partial charge in [-0.2, -0.15) is 0 Å². The lowest BCUT2D eigenvalue weighted by Gasteiger charge is -2.21. The number of amides is 1. The van der Waals surface area contributed by atoms with Crippen LogP contribution in [-0.2, 0) is 4.79 Å². The number of rotatable bonds is 7. The van der Waals surface area contributed by atoms with Crippen molar-refractivity contribution in [1.29, 1.82) is 0 Å². The van der Waals surface area contributed by atoms with Crippen LogP contribution < -0.4 is 5.32 Å². The topological polar surface area (TPSA) is 52.6 Å². The third-order valence-electron chi connectivity index (χ3n) is 2.34. The minimum absolute atomic E-state index is 0.0508. The number of nitrogens with zero attached hydrogens (tertiary/aromatic N) is 1. The summed E-state index contributed by atoms with van der Waals surface area (Å²) < 4.78 is 0. The fourth-order valence-electron chi connectivity index (χ4n) is 1.38. The van der Waals surface area contributed by atoms with E-state index in [0.717, 1.165) is 13.0 Å². The molecule has 1 fully saturated rings. The number of aliphatic hydroxyl groups excluding tert-OH is 1. The third kappa shape index (κ3) is 4.07. The SMILES string of the molecule is CCCN(CCO)C(=O)CNC1CC1. The minimum Gasteiger partial charge on any atom is -0.395 e. The molecule has 1 saturated carbocycles. The van der Waals surface area contributed by atoms with Gasteiger partial charge in [-0.3, -0.25) is 4.79 Å². The van der Waals surface area contributed by atoms with Crippen LogP contribution in [0.4, 0.5) is 0 Å². The van der Waals surface area contributed by atoms with Crippen LogP contribution in [0.3, 0.4) is 0 Å². The molecule has 4 heteroatoms. The molecule has 2 N–H and O–H groups in total. The molecule has 0 atom stereocenters. The van der Waals surface area contributed by atoms with E-state index in [4.69, 9.17) is 5.11 Å². The van der Waals surface area contributed by atoms with Gasteiger partial charge in [0.25, 0.3) is 0 Å². The first kappa shape index (κ1) is 11.5. The van der Waals surface area contributed by atoms with Gasteiger partial charge in [-0.15, -0.1) is 0 Å². The second kappa shape index (κ2) is 5.98. The summed E-state index contributed by atoms with van der Waals surface area (Å²) in [6.45, 7) is 3.70. The summed E-state index contributed by atoms with van der Waals surface area (Å²) in [5.74, 6) is 0.104. The van der Waals surface area contributed by atoms with Crippen LogP contribution in [0.25, 0.3) is 0 Å². The molecule has 1 rings (SSSR count). The van der Waals surface area contributed by atoms with Crippen LogP contribution in [0.2, 0.25) is 0 Å². The first-order valence-corrected chi connectivity index (χ1v) is 5.40. The summed E-state index contributed by atoms with van der Waals surface area (Å²) in [6.07, 6.45) is 3.33. The highest BCUT2D eigenvalue weighted by molar-refractivity contribution is 5.78. The zero-order valence-corrected chi connectivity index (χ0v) is 8.83. The van der Waals surface area contributed by atoms with Gasteiger partial charge in [-0.1, -0.05) is 6.92 Å². The molecule has 0 aromatic heterocycles. The summed E-state index contributed by atoms with van der Waals surface area (Å²) in [6, 6.07) is 0.566. The standard InChI is InChI=1S/C10H20N2O2/c1-2-5-12(6-7-13)10(14)8-11-9-3-4-9/h9,11,13H,2-8H2,1H3. The second-order valence-electron chi connectivity index (χ2n) is 3.76. The average molecular weight is 200 g/mol. The van der Waals surface area contributed by atoms with Gasteiger partial charge in [0, 0.05) is 19.1 Å². The normalized spacial score (nSPS) is 15.6. The fraction of sp³-hybridized carbons (Fsp3) is 0.900. The Bertz CT molecular complexity index is 175. The number of hydrogen-bond donors (Lipinski definition) is 2. The Balaban J connectivity index is 2.20. The van der Waals surface area contributed by atoms with Gasteiger partial charge in [0.2, 0.25) is 5.91 Å². The maximum atomic E-state index is 11.6. The summed E-state index contributed by atoms with van der Waals surface area (Å²) >= 11 is 0. The van der Waals surface area contributed by atoms with Gasteiger partial charge in [0.05, 0.1) is 13.2 Å². The lowest BCUT2D eigenvalue weighted by atomic mass is 10.3. The van der Waals surface area contributed by atoms with Crippen molar-refractivity contribution in [2.24, 2.45) is 0 Å². The van der Waals surface area contributed by atoms with Crippen molar-refractivity contribution in [3.8, 4) is 0 Å². The van der Waals surface area contributed by atoms with Gasteiger partial charge in [-0.25, -0.2) is 0 Å². The van der Waals surface area contributed by atoms with E-state index in [9.17, 15) is 4.79 Å². The fourth-order valence-corrected chi connectivity index (χ4v) is 1.38. The van der Waals surface area contributed by atoms with Gasteiger partial charge in [0.15, 0.2) is 0 Å². The van der Waals surface area contributed by atoms with Gasteiger partial charge in [-0.05, 0) is 19.3 Å². The van der Waals surface area contributed by atoms with Crippen LogP contribution in [0.1, 0.15) is 26.2 Å². The molecule has 0 spiro atoms. The Morgan fingerprint density at radius 2 is 2.21 bits per heavy atom. The molecule has 0 saturated heterocycles. The maximum Gasteiger partial charge on any atom is 0.236 e. The monoisotopic (exact) mass is 200 g/mol. The Morgan fingerprint density at radius 1 is 1.50 bits per heavy atom. The van der Waals surface area contributed by atoms with Crippen molar-refractivity contribution < 1.29 is 9.90 Å². The van der Waals surface area contributed by atoms with Crippen LogP contribution in [0.15, 0.2) is 0 Å². The minimum atomic E-state index is 0.0508. The Hall–Kier alpha value is -0.610. The zero-order valence-electron chi connectivity index (χ0n) is 8.83. The average Bonchev–Trinajstić information content (AvgIpc) is 2.97. The third-order valence-corrected chi connectivity index (χ3v) is 2.34. The first-order chi connectivity index (χ1) is 6.77. The summed E-state index contributed by atoms with van der Waals surface area (Å²) in [7, 11) is 0. The Labute approximate surface area is 85.3 Å². The van der Waals surface area contributed by atoms with E-state index in [0.29, 0.717) is 19.1 Å². The summed E-state index contributed by atoms with van der Waals surface area (Å²) in [5.41, 5.74) is 0. The number of aliphatic hydroxyl groups is 1. The molecular formula is C10H20N2O2. The molecule has 4 nitrogen and oxygen atoms in total. The molecule has 1 aliphatic carbocycles. The molecular weight excluding hydrogens is 180 g/mol. The van der Waals surface area contributed by atoms with E-state index in [-0.39, 0.29) is 12.5 Å². The largest absolute Gasteiger partial charge is 0.395 e. The molecule has 0 aromatic carbocycles. The number of nitrogens with one attached hydrogen (secondary N) is 1. The summed E-state index contributed by atoms with van der Waals surface area (Å²) in [5, 5.41) is 12.0. The second-order valence-corrected chi connectivity index (χ2v) is 3.76. The van der Waals surface area contributed by atoms with Gasteiger partial charge in [0.1, 0.15) is 0 Å². The van der Waals surface area contributed by atoms with E-state index in [1.807, 2.05) is 6.92 Å².